The molecular weight excluding hydrogens is 514 g/mol. The number of aliphatic hydroxyl groups excluding tert-OH is 1. The van der Waals surface area contributed by atoms with Crippen LogP contribution in [0.5, 0.6) is 5.75 Å². The number of nitrogens with one attached hydrogen (secondary N) is 2. The van der Waals surface area contributed by atoms with Crippen LogP contribution >= 0.6 is 0 Å². The molecule has 1 aliphatic rings. The summed E-state index contributed by atoms with van der Waals surface area (Å²) in [6, 6.07) is 14.2. The molecule has 0 bridgehead atoms. The molecule has 0 saturated carbocycles. The van der Waals surface area contributed by atoms with Gasteiger partial charge in [-0.15, -0.1) is 6.42 Å². The molecule has 2 aromatic carbocycles. The number of carbonyl (C=O) groups is 1. The monoisotopic (exact) mass is 539 g/mol. The quantitative estimate of drug-likeness (QED) is 0.126. The highest BCUT2D eigenvalue weighted by molar-refractivity contribution is 5.83. The summed E-state index contributed by atoms with van der Waals surface area (Å²) >= 11 is 0. The van der Waals surface area contributed by atoms with Crippen molar-refractivity contribution < 1.29 is 19.4 Å². The molecular formula is C27H25N9O4. The summed E-state index contributed by atoms with van der Waals surface area (Å²) in [6.07, 6.45) is 4.81. The number of likely N-dealkylation sites (N-methyl/N-ethyl adjacent to an activating group) is 1. The third-order valence-corrected chi connectivity index (χ3v) is 6.47. The summed E-state index contributed by atoms with van der Waals surface area (Å²) in [5, 5.41) is 20.1. The Labute approximate surface area is 228 Å². The van der Waals surface area contributed by atoms with Gasteiger partial charge in [-0.3, -0.25) is 9.36 Å². The minimum absolute atomic E-state index is 0.318. The Hall–Kier alpha value is -5.15. The molecule has 2 aromatic heterocycles. The number of anilines is 1. The second-order valence-corrected chi connectivity index (χ2v) is 8.89. The summed E-state index contributed by atoms with van der Waals surface area (Å²) in [5.74, 6) is 3.20. The highest BCUT2D eigenvalue weighted by atomic mass is 16.5. The van der Waals surface area contributed by atoms with Crippen molar-refractivity contribution >= 4 is 22.9 Å². The molecule has 1 amide bonds. The molecule has 0 unspecified atom stereocenters. The molecule has 13 heteroatoms. The maximum atomic E-state index is 12.3. The van der Waals surface area contributed by atoms with E-state index >= 15 is 0 Å². The molecule has 202 valence electrons. The molecule has 4 aromatic rings. The number of fused-ring (bicyclic) bond motifs is 1. The highest BCUT2D eigenvalue weighted by Gasteiger charge is 2.48. The fourth-order valence-electron chi connectivity index (χ4n) is 4.47. The fraction of sp³-hybridized carbons (Fsp3) is 0.259. The zero-order valence-electron chi connectivity index (χ0n) is 21.4. The molecule has 0 aliphatic carbocycles. The number of azide groups is 1. The van der Waals surface area contributed by atoms with Crippen LogP contribution in [-0.2, 0) is 22.7 Å². The number of ether oxygens (including phenoxy) is 2. The average Bonchev–Trinajstić information content (AvgIpc) is 3.56. The molecule has 1 fully saturated rings. The molecule has 1 saturated heterocycles. The number of hydrogen-bond acceptors (Lipinski definition) is 9. The number of rotatable bonds is 9. The number of imidazole rings is 1. The first kappa shape index (κ1) is 26.5. The molecule has 3 heterocycles. The third kappa shape index (κ3) is 5.23. The second-order valence-electron chi connectivity index (χ2n) is 8.89. The topological polar surface area (TPSA) is 172 Å². The number of benzene rings is 2. The molecule has 0 radical (unpaired) electrons. The van der Waals surface area contributed by atoms with Gasteiger partial charge < -0.3 is 25.2 Å². The van der Waals surface area contributed by atoms with Crippen LogP contribution in [0.15, 0.2) is 66.3 Å². The van der Waals surface area contributed by atoms with Gasteiger partial charge in [-0.1, -0.05) is 41.4 Å². The number of nitrogens with zero attached hydrogens (tertiary/aromatic N) is 7. The third-order valence-electron chi connectivity index (χ3n) is 6.47. The van der Waals surface area contributed by atoms with E-state index in [1.54, 1.807) is 0 Å². The van der Waals surface area contributed by atoms with Crippen molar-refractivity contribution in [2.75, 3.05) is 12.4 Å². The van der Waals surface area contributed by atoms with E-state index in [4.69, 9.17) is 21.4 Å². The van der Waals surface area contributed by atoms with Crippen LogP contribution in [0.2, 0.25) is 0 Å². The number of carbonyl (C=O) groups excluding carboxylic acids is 1. The van der Waals surface area contributed by atoms with E-state index in [0.717, 1.165) is 11.1 Å². The van der Waals surface area contributed by atoms with E-state index < -0.39 is 30.4 Å². The molecule has 13 nitrogen and oxygen atoms in total. The standard InChI is InChI=1S/C27H25N9O4/c1-3-16-9-10-19(39-13-17-7-5-4-6-8-17)18(11-16)12-30-24-21-25(32-14-31-24)36(15-33-21)27-22(37)20(34-35-28)23(40-27)26(38)29-2/h1,4-11,14-15,20,22-23,27,37H,12-13H2,2H3,(H,29,38)(H,30,31,32)/t20-,22+,23-,27+/m0/s1. The number of aliphatic hydroxyl groups is 1. The first-order chi connectivity index (χ1) is 19.5. The zero-order chi connectivity index (χ0) is 28.1. The smallest absolute Gasteiger partial charge is 0.249 e. The minimum Gasteiger partial charge on any atom is -0.489 e. The highest BCUT2D eigenvalue weighted by Crippen LogP contribution is 2.34. The second kappa shape index (κ2) is 11.7. The van der Waals surface area contributed by atoms with Gasteiger partial charge in [-0.05, 0) is 29.3 Å². The van der Waals surface area contributed by atoms with E-state index in [1.807, 2.05) is 48.5 Å². The summed E-state index contributed by atoms with van der Waals surface area (Å²) in [5.41, 5.74) is 12.2. The van der Waals surface area contributed by atoms with Crippen molar-refractivity contribution in [3.05, 3.63) is 88.3 Å². The summed E-state index contributed by atoms with van der Waals surface area (Å²) in [6.45, 7) is 0.710. The van der Waals surface area contributed by atoms with Crippen LogP contribution in [0.4, 0.5) is 5.82 Å². The van der Waals surface area contributed by atoms with Gasteiger partial charge in [0.15, 0.2) is 23.2 Å². The average molecular weight is 540 g/mol. The van der Waals surface area contributed by atoms with Gasteiger partial charge in [-0.2, -0.15) is 0 Å². The molecule has 1 aliphatic heterocycles. The van der Waals surface area contributed by atoms with E-state index in [9.17, 15) is 9.90 Å². The van der Waals surface area contributed by atoms with Gasteiger partial charge in [0.25, 0.3) is 0 Å². The van der Waals surface area contributed by atoms with Crippen LogP contribution in [0.1, 0.15) is 22.9 Å². The first-order valence-electron chi connectivity index (χ1n) is 12.3. The van der Waals surface area contributed by atoms with Gasteiger partial charge in [-0.25, -0.2) is 15.0 Å². The Morgan fingerprint density at radius 2 is 2.10 bits per heavy atom. The van der Waals surface area contributed by atoms with Gasteiger partial charge in [0.2, 0.25) is 5.91 Å². The van der Waals surface area contributed by atoms with Crippen LogP contribution < -0.4 is 15.4 Å². The van der Waals surface area contributed by atoms with Gasteiger partial charge in [0.1, 0.15) is 36.9 Å². The number of amides is 1. The zero-order valence-corrected chi connectivity index (χ0v) is 21.4. The summed E-state index contributed by atoms with van der Waals surface area (Å²) in [4.78, 5) is 28.1. The minimum atomic E-state index is -1.32. The summed E-state index contributed by atoms with van der Waals surface area (Å²) < 4.78 is 13.4. The van der Waals surface area contributed by atoms with E-state index in [0.29, 0.717) is 41.4 Å². The van der Waals surface area contributed by atoms with Gasteiger partial charge in [0, 0.05) is 29.6 Å². The Kier molecular flexibility index (Phi) is 7.75. The Morgan fingerprint density at radius 3 is 2.85 bits per heavy atom. The molecule has 40 heavy (non-hydrogen) atoms. The predicted molar refractivity (Wildman–Crippen MR) is 145 cm³/mol. The van der Waals surface area contributed by atoms with E-state index in [-0.39, 0.29) is 0 Å². The Balaban J connectivity index is 1.39. The van der Waals surface area contributed by atoms with Crippen molar-refractivity contribution in [1.29, 1.82) is 0 Å². The molecule has 0 spiro atoms. The maximum absolute atomic E-state index is 12.3. The van der Waals surface area contributed by atoms with Gasteiger partial charge >= 0.3 is 0 Å². The lowest BCUT2D eigenvalue weighted by Gasteiger charge is -2.17. The molecule has 5 rings (SSSR count). The van der Waals surface area contributed by atoms with Crippen molar-refractivity contribution in [2.24, 2.45) is 5.11 Å². The maximum Gasteiger partial charge on any atom is 0.249 e. The lowest BCUT2D eigenvalue weighted by molar-refractivity contribution is -0.134. The lowest BCUT2D eigenvalue weighted by Crippen LogP contribution is -2.40. The Morgan fingerprint density at radius 1 is 1.27 bits per heavy atom. The molecule has 3 N–H and O–H groups in total. The van der Waals surface area contributed by atoms with Crippen molar-refractivity contribution in [2.45, 2.75) is 37.6 Å². The molecule has 4 atom stereocenters. The van der Waals surface area contributed by atoms with Crippen LogP contribution in [0.3, 0.4) is 0 Å². The summed E-state index contributed by atoms with van der Waals surface area (Å²) in [7, 11) is 1.42. The largest absolute Gasteiger partial charge is 0.489 e. The number of terminal acetylenes is 1. The predicted octanol–water partition coefficient (Wildman–Crippen LogP) is 2.68. The number of hydrogen-bond donors (Lipinski definition) is 3. The normalized spacial score (nSPS) is 19.9. The van der Waals surface area contributed by atoms with Crippen LogP contribution in [0, 0.1) is 12.3 Å². The van der Waals surface area contributed by atoms with E-state index in [2.05, 4.69) is 41.5 Å². The van der Waals surface area contributed by atoms with Crippen LogP contribution in [0.25, 0.3) is 21.6 Å². The Bertz CT molecular complexity index is 1610. The lowest BCUT2D eigenvalue weighted by atomic mass is 10.1. The number of aromatic nitrogens is 4. The van der Waals surface area contributed by atoms with Crippen molar-refractivity contribution in [3.8, 4) is 18.1 Å². The van der Waals surface area contributed by atoms with Crippen molar-refractivity contribution in [3.63, 3.8) is 0 Å². The van der Waals surface area contributed by atoms with E-state index in [1.165, 1.54) is 24.3 Å². The van der Waals surface area contributed by atoms with Crippen molar-refractivity contribution in [1.82, 2.24) is 24.8 Å². The first-order valence-corrected chi connectivity index (χ1v) is 12.3. The van der Waals surface area contributed by atoms with Crippen LogP contribution in [-0.4, -0.2) is 55.8 Å². The fourth-order valence-corrected chi connectivity index (χ4v) is 4.47. The van der Waals surface area contributed by atoms with Gasteiger partial charge in [0.05, 0.1) is 6.33 Å². The SMILES string of the molecule is C#Cc1ccc(OCc2ccccc2)c(CNc2ncnc3c2ncn3[C@@H]2O[C@H](C(=O)NC)[C@@H](N=[N+]=[N-])[C@H]2O)c1.